The minimum Gasteiger partial charge on any atom is -0.369 e. The van der Waals surface area contributed by atoms with E-state index in [1.165, 1.54) is 18.7 Å². The second kappa shape index (κ2) is 6.54. The third-order valence-corrected chi connectivity index (χ3v) is 7.79. The molecule has 1 heterocycles. The van der Waals surface area contributed by atoms with E-state index >= 15 is 0 Å². The molecular weight excluding hydrogens is 379 g/mol. The van der Waals surface area contributed by atoms with E-state index in [1.54, 1.807) is 12.1 Å². The number of carbonyl (C=O) groups is 1. The Hall–Kier alpha value is -2.42. The maximum absolute atomic E-state index is 14.5. The van der Waals surface area contributed by atoms with Crippen LogP contribution in [0.4, 0.5) is 4.39 Å². The predicted molar refractivity (Wildman–Crippen MR) is 114 cm³/mol. The van der Waals surface area contributed by atoms with Crippen LogP contribution >= 0.6 is 0 Å². The number of alkyl halides is 1. The maximum Gasteiger partial charge on any atom is 0.262 e. The van der Waals surface area contributed by atoms with Gasteiger partial charge in [-0.05, 0) is 74.1 Å². The molecular formula is C24H31FN4O. The monoisotopic (exact) mass is 410 g/mol. The molecule has 0 radical (unpaired) electrons. The van der Waals surface area contributed by atoms with Gasteiger partial charge in [-0.25, -0.2) is 9.38 Å². The third-order valence-electron chi connectivity index (χ3n) is 7.79. The van der Waals surface area contributed by atoms with Crippen molar-refractivity contribution in [3.8, 4) is 6.07 Å². The molecule has 2 aliphatic carbocycles. The van der Waals surface area contributed by atoms with Crippen molar-refractivity contribution < 1.29 is 9.18 Å². The summed E-state index contributed by atoms with van der Waals surface area (Å²) in [7, 11) is 0. The second-order valence-corrected chi connectivity index (χ2v) is 10.5. The molecule has 0 aromatic heterocycles. The van der Waals surface area contributed by atoms with Gasteiger partial charge >= 0.3 is 0 Å². The Labute approximate surface area is 178 Å². The number of aliphatic imine (C=N–C) groups is 1. The molecule has 30 heavy (non-hydrogen) atoms. The lowest BCUT2D eigenvalue weighted by atomic mass is 9.55. The first-order valence-corrected chi connectivity index (χ1v) is 10.8. The van der Waals surface area contributed by atoms with Gasteiger partial charge in [-0.3, -0.25) is 9.69 Å². The van der Waals surface area contributed by atoms with Gasteiger partial charge in [0.1, 0.15) is 5.67 Å². The zero-order chi connectivity index (χ0) is 22.1. The fourth-order valence-corrected chi connectivity index (χ4v) is 6.23. The van der Waals surface area contributed by atoms with Crippen LogP contribution in [0, 0.1) is 34.5 Å². The lowest BCUT2D eigenvalue weighted by Gasteiger charge is -2.50. The summed E-state index contributed by atoms with van der Waals surface area (Å²) >= 11 is 0. The minimum absolute atomic E-state index is 0.0826. The van der Waals surface area contributed by atoms with Crippen molar-refractivity contribution in [1.82, 2.24) is 4.90 Å². The Kier molecular flexibility index (Phi) is 4.54. The molecule has 4 rings (SSSR count). The molecule has 5 atom stereocenters. The molecule has 6 heteroatoms. The van der Waals surface area contributed by atoms with Crippen molar-refractivity contribution in [3.63, 3.8) is 0 Å². The van der Waals surface area contributed by atoms with Crippen LogP contribution in [0.1, 0.15) is 64.2 Å². The molecule has 160 valence electrons. The molecule has 2 N–H and O–H groups in total. The smallest absolute Gasteiger partial charge is 0.262 e. The van der Waals surface area contributed by atoms with Crippen LogP contribution in [0.25, 0.3) is 0 Å². The first-order valence-electron chi connectivity index (χ1n) is 10.8. The van der Waals surface area contributed by atoms with Crippen molar-refractivity contribution >= 4 is 11.9 Å². The van der Waals surface area contributed by atoms with E-state index in [4.69, 9.17) is 10.7 Å². The Morgan fingerprint density at radius 2 is 1.93 bits per heavy atom. The van der Waals surface area contributed by atoms with E-state index in [1.807, 2.05) is 6.07 Å². The molecule has 1 amide bonds. The molecule has 0 saturated heterocycles. The van der Waals surface area contributed by atoms with Crippen LogP contribution in [0.3, 0.4) is 0 Å². The summed E-state index contributed by atoms with van der Waals surface area (Å²) in [6.07, 6.45) is 2.43. The average Bonchev–Trinajstić information content (AvgIpc) is 3.05. The van der Waals surface area contributed by atoms with Crippen molar-refractivity contribution in [3.05, 3.63) is 34.9 Å². The number of amides is 1. The van der Waals surface area contributed by atoms with Crippen LogP contribution in [0.5, 0.6) is 0 Å². The number of fused-ring (bicyclic) bond motifs is 3. The Morgan fingerprint density at radius 1 is 1.30 bits per heavy atom. The number of benzene rings is 1. The fourth-order valence-electron chi connectivity index (χ4n) is 6.23. The summed E-state index contributed by atoms with van der Waals surface area (Å²) < 4.78 is 14.5. The highest BCUT2D eigenvalue weighted by Crippen LogP contribution is 2.64. The molecule has 1 saturated carbocycles. The third kappa shape index (κ3) is 2.78. The normalized spacial score (nSPS) is 35.6. The van der Waals surface area contributed by atoms with Crippen molar-refractivity contribution in [2.75, 3.05) is 6.54 Å². The standard InChI is InChI=1S/C24H31FN4O/c1-14-9-23(10-15(2)16(14)3)11-18-7-6-17(12-26)8-19(18)24(23)20(30)29(21(27)28-24)13-22(4,5)25/h6-8,14-16H,9-11,13H2,1-5H3,(H2,27,28)/t14-,15+,16?,23?,24-/m1/s1. The summed E-state index contributed by atoms with van der Waals surface area (Å²) in [6, 6.07) is 7.75. The quantitative estimate of drug-likeness (QED) is 0.803. The number of nitrogens with zero attached hydrogens (tertiary/aromatic N) is 3. The van der Waals surface area contributed by atoms with Crippen molar-refractivity contribution in [2.24, 2.45) is 33.9 Å². The highest BCUT2D eigenvalue weighted by Gasteiger charge is 2.68. The number of carbonyl (C=O) groups excluding carboxylic acids is 1. The largest absolute Gasteiger partial charge is 0.369 e. The molecule has 1 aliphatic heterocycles. The number of hydrogen-bond acceptors (Lipinski definition) is 4. The second-order valence-electron chi connectivity index (χ2n) is 10.5. The van der Waals surface area contributed by atoms with E-state index in [2.05, 4.69) is 26.8 Å². The highest BCUT2D eigenvalue weighted by atomic mass is 19.1. The lowest BCUT2D eigenvalue weighted by molar-refractivity contribution is -0.140. The molecule has 2 spiro atoms. The molecule has 1 aromatic carbocycles. The number of hydrogen-bond donors (Lipinski definition) is 1. The molecule has 3 aliphatic rings. The van der Waals surface area contributed by atoms with Gasteiger partial charge in [-0.2, -0.15) is 5.26 Å². The van der Waals surface area contributed by atoms with Gasteiger partial charge in [-0.15, -0.1) is 0 Å². The fraction of sp³-hybridized carbons (Fsp3) is 0.625. The molecule has 0 bridgehead atoms. The summed E-state index contributed by atoms with van der Waals surface area (Å²) in [4.78, 5) is 20.2. The summed E-state index contributed by atoms with van der Waals surface area (Å²) in [6.45, 7) is 9.52. The van der Waals surface area contributed by atoms with Gasteiger partial charge in [0.25, 0.3) is 5.91 Å². The number of nitriles is 1. The van der Waals surface area contributed by atoms with E-state index in [0.717, 1.165) is 30.4 Å². The summed E-state index contributed by atoms with van der Waals surface area (Å²) in [5.74, 6) is 1.23. The Bertz CT molecular complexity index is 960. The van der Waals surface area contributed by atoms with Gasteiger partial charge in [0, 0.05) is 5.41 Å². The van der Waals surface area contributed by atoms with Crippen LogP contribution in [-0.2, 0) is 16.8 Å². The van der Waals surface area contributed by atoms with Gasteiger partial charge in [0.2, 0.25) is 0 Å². The van der Waals surface area contributed by atoms with Crippen LogP contribution < -0.4 is 5.73 Å². The molecule has 1 aromatic rings. The van der Waals surface area contributed by atoms with Crippen LogP contribution in [0.15, 0.2) is 23.2 Å². The van der Waals surface area contributed by atoms with Crippen LogP contribution in [0.2, 0.25) is 0 Å². The Balaban J connectivity index is 1.92. The highest BCUT2D eigenvalue weighted by molar-refractivity contribution is 6.08. The van der Waals surface area contributed by atoms with E-state index in [-0.39, 0.29) is 18.4 Å². The number of guanidine groups is 1. The minimum atomic E-state index is -1.59. The topological polar surface area (TPSA) is 82.5 Å². The molecule has 1 fully saturated rings. The Morgan fingerprint density at radius 3 is 2.50 bits per heavy atom. The summed E-state index contributed by atoms with van der Waals surface area (Å²) in [5.41, 5.74) is 5.42. The predicted octanol–water partition coefficient (Wildman–Crippen LogP) is 3.90. The number of rotatable bonds is 2. The summed E-state index contributed by atoms with van der Waals surface area (Å²) in [5, 5.41) is 9.49. The molecule has 2 unspecified atom stereocenters. The van der Waals surface area contributed by atoms with E-state index < -0.39 is 16.6 Å². The van der Waals surface area contributed by atoms with Crippen LogP contribution in [-0.4, -0.2) is 29.0 Å². The van der Waals surface area contributed by atoms with E-state index in [0.29, 0.717) is 23.3 Å². The van der Waals surface area contributed by atoms with Gasteiger partial charge in [0.05, 0.1) is 18.2 Å². The number of halogens is 1. The maximum atomic E-state index is 14.5. The van der Waals surface area contributed by atoms with Crippen molar-refractivity contribution in [2.45, 2.75) is 65.1 Å². The zero-order valence-electron chi connectivity index (χ0n) is 18.5. The van der Waals surface area contributed by atoms with Gasteiger partial charge in [-0.1, -0.05) is 26.8 Å². The first-order chi connectivity index (χ1) is 13.9. The first kappa shape index (κ1) is 20.8. The number of nitrogens with two attached hydrogens (primary N) is 1. The zero-order valence-corrected chi connectivity index (χ0v) is 18.5. The van der Waals surface area contributed by atoms with E-state index in [9.17, 15) is 14.4 Å². The molecule has 5 nitrogen and oxygen atoms in total. The van der Waals surface area contributed by atoms with Gasteiger partial charge in [0.15, 0.2) is 11.5 Å². The van der Waals surface area contributed by atoms with Gasteiger partial charge < -0.3 is 5.73 Å². The average molecular weight is 411 g/mol. The van der Waals surface area contributed by atoms with Crippen molar-refractivity contribution in [1.29, 1.82) is 5.26 Å². The lowest BCUT2D eigenvalue weighted by Crippen LogP contribution is -2.55. The SMILES string of the molecule is CC1[C@H](C)CC2(Cc3ccc(C#N)cc3[C@]23N=C(N)N(CC(C)(C)F)C3=O)C[C@@H]1C.